The maximum atomic E-state index is 13.1. The van der Waals surface area contributed by atoms with Gasteiger partial charge in [0.15, 0.2) is 6.10 Å². The van der Waals surface area contributed by atoms with Crippen molar-refractivity contribution >= 4 is 21.6 Å². The number of carbonyl (C=O) groups excluding carboxylic acids is 1. The second-order valence-electron chi connectivity index (χ2n) is 6.04. The number of hydrogen-bond donors (Lipinski definition) is 1. The predicted octanol–water partition coefficient (Wildman–Crippen LogP) is 2.01. The Bertz CT molecular complexity index is 907. The van der Waals surface area contributed by atoms with Crippen LogP contribution in [0.5, 0.6) is 5.75 Å². The van der Waals surface area contributed by atoms with Gasteiger partial charge in [0.05, 0.1) is 17.1 Å². The van der Waals surface area contributed by atoms with E-state index < -0.39 is 16.1 Å². The van der Waals surface area contributed by atoms with Crippen molar-refractivity contribution in [2.24, 2.45) is 0 Å². The van der Waals surface area contributed by atoms with Crippen molar-refractivity contribution in [3.8, 4) is 5.75 Å². The third-order valence-corrected chi connectivity index (χ3v) is 5.93. The Morgan fingerprint density at radius 3 is 2.40 bits per heavy atom. The number of carbonyl (C=O) groups is 1. The molecule has 1 N–H and O–H groups in total. The molecule has 1 aliphatic heterocycles. The Morgan fingerprint density at radius 1 is 1.12 bits per heavy atom. The van der Waals surface area contributed by atoms with Gasteiger partial charge < -0.3 is 10.1 Å². The number of amides is 1. The van der Waals surface area contributed by atoms with Gasteiger partial charge in [-0.2, -0.15) is 0 Å². The summed E-state index contributed by atoms with van der Waals surface area (Å²) in [6.45, 7) is 3.70. The van der Waals surface area contributed by atoms with Crippen LogP contribution in [0, 0.1) is 13.8 Å². The first-order valence-electron chi connectivity index (χ1n) is 7.91. The number of anilines is 1. The molecule has 1 aliphatic rings. The van der Waals surface area contributed by atoms with Crippen LogP contribution in [-0.2, 0) is 14.8 Å². The number of likely N-dealkylation sites (N-methyl/N-ethyl adjacent to an activating group) is 1. The van der Waals surface area contributed by atoms with Crippen molar-refractivity contribution in [3.63, 3.8) is 0 Å². The van der Waals surface area contributed by atoms with Crippen molar-refractivity contribution in [2.75, 3.05) is 17.9 Å². The summed E-state index contributed by atoms with van der Waals surface area (Å²) in [5.74, 6) is 0.0202. The number of nitrogens with one attached hydrogen (secondary N) is 1. The van der Waals surface area contributed by atoms with Gasteiger partial charge in [0, 0.05) is 7.05 Å². The number of fused-ring (bicyclic) bond motifs is 1. The van der Waals surface area contributed by atoms with E-state index in [1.54, 1.807) is 36.4 Å². The van der Waals surface area contributed by atoms with Crippen LogP contribution in [0.4, 0.5) is 5.69 Å². The molecule has 1 heterocycles. The SMILES string of the molecule is CNC(=O)C1CN(S(=O)(=O)c2ccc(C)cc2)c2ccc(C)cc2O1. The van der Waals surface area contributed by atoms with Crippen molar-refractivity contribution in [2.45, 2.75) is 24.8 Å². The first-order chi connectivity index (χ1) is 11.8. The van der Waals surface area contributed by atoms with Gasteiger partial charge in [-0.3, -0.25) is 9.10 Å². The first kappa shape index (κ1) is 17.3. The highest BCUT2D eigenvalue weighted by Gasteiger charge is 2.37. The molecule has 7 heteroatoms. The number of rotatable bonds is 3. The summed E-state index contributed by atoms with van der Waals surface area (Å²) in [6, 6.07) is 11.9. The average molecular weight is 360 g/mol. The summed E-state index contributed by atoms with van der Waals surface area (Å²) in [5.41, 5.74) is 2.33. The van der Waals surface area contributed by atoms with Crippen LogP contribution in [0.15, 0.2) is 47.4 Å². The van der Waals surface area contributed by atoms with Crippen LogP contribution >= 0.6 is 0 Å². The predicted molar refractivity (Wildman–Crippen MR) is 95.4 cm³/mol. The lowest BCUT2D eigenvalue weighted by atomic mass is 10.1. The first-order valence-corrected chi connectivity index (χ1v) is 9.35. The van der Waals surface area contributed by atoms with E-state index in [4.69, 9.17) is 4.74 Å². The maximum absolute atomic E-state index is 13.1. The lowest BCUT2D eigenvalue weighted by Crippen LogP contribution is -2.50. The van der Waals surface area contributed by atoms with Crippen LogP contribution in [0.25, 0.3) is 0 Å². The monoisotopic (exact) mass is 360 g/mol. The molecular formula is C18H20N2O4S. The van der Waals surface area contributed by atoms with Crippen LogP contribution in [0.1, 0.15) is 11.1 Å². The fourth-order valence-corrected chi connectivity index (χ4v) is 4.20. The van der Waals surface area contributed by atoms with Crippen molar-refractivity contribution in [3.05, 3.63) is 53.6 Å². The zero-order valence-corrected chi connectivity index (χ0v) is 15.1. The number of aryl methyl sites for hydroxylation is 2. The Kier molecular flexibility index (Phi) is 4.43. The number of sulfonamides is 1. The second-order valence-corrected chi connectivity index (χ2v) is 7.90. The van der Waals surface area contributed by atoms with Gasteiger partial charge in [0.1, 0.15) is 5.75 Å². The summed E-state index contributed by atoms with van der Waals surface area (Å²) in [5, 5.41) is 2.51. The summed E-state index contributed by atoms with van der Waals surface area (Å²) in [6.07, 6.45) is -0.903. The molecule has 2 aromatic rings. The van der Waals surface area contributed by atoms with E-state index in [2.05, 4.69) is 5.32 Å². The molecule has 132 valence electrons. The van der Waals surface area contributed by atoms with Gasteiger partial charge in [-0.05, 0) is 43.7 Å². The van der Waals surface area contributed by atoms with Crippen LogP contribution in [-0.4, -0.2) is 34.0 Å². The number of hydrogen-bond acceptors (Lipinski definition) is 4. The second kappa shape index (κ2) is 6.40. The Balaban J connectivity index is 2.10. The highest BCUT2D eigenvalue weighted by Crippen LogP contribution is 2.37. The standard InChI is InChI=1S/C18H20N2O4S/c1-12-4-7-14(8-5-12)25(22,23)20-11-17(18(21)19-3)24-16-10-13(2)6-9-15(16)20/h4-10,17H,11H2,1-3H3,(H,19,21). The number of nitrogens with zero attached hydrogens (tertiary/aromatic N) is 1. The molecule has 0 saturated heterocycles. The largest absolute Gasteiger partial charge is 0.476 e. The molecule has 1 amide bonds. The third-order valence-electron chi connectivity index (χ3n) is 4.13. The minimum Gasteiger partial charge on any atom is -0.476 e. The van der Waals surface area contributed by atoms with Crippen molar-refractivity contribution in [1.29, 1.82) is 0 Å². The summed E-state index contributed by atoms with van der Waals surface area (Å²) in [4.78, 5) is 12.2. The summed E-state index contributed by atoms with van der Waals surface area (Å²) < 4.78 is 33.3. The van der Waals surface area contributed by atoms with Gasteiger partial charge in [-0.1, -0.05) is 23.8 Å². The van der Waals surface area contributed by atoms with Gasteiger partial charge in [-0.25, -0.2) is 8.42 Å². The molecule has 0 aliphatic carbocycles. The molecule has 0 bridgehead atoms. The fraction of sp³-hybridized carbons (Fsp3) is 0.278. The topological polar surface area (TPSA) is 75.7 Å². The molecular weight excluding hydrogens is 340 g/mol. The van der Waals surface area contributed by atoms with Crippen LogP contribution in [0.3, 0.4) is 0 Å². The van der Waals surface area contributed by atoms with Gasteiger partial charge in [0.25, 0.3) is 15.9 Å². The smallest absolute Gasteiger partial charge is 0.264 e. The van der Waals surface area contributed by atoms with Crippen molar-refractivity contribution < 1.29 is 17.9 Å². The van der Waals surface area contributed by atoms with E-state index in [0.717, 1.165) is 11.1 Å². The Labute approximate surface area is 147 Å². The zero-order valence-electron chi connectivity index (χ0n) is 14.3. The summed E-state index contributed by atoms with van der Waals surface area (Å²) in [7, 11) is -2.31. The van der Waals surface area contributed by atoms with Gasteiger partial charge >= 0.3 is 0 Å². The quantitative estimate of drug-likeness (QED) is 0.908. The zero-order chi connectivity index (χ0) is 18.2. The fourth-order valence-electron chi connectivity index (χ4n) is 2.72. The minimum absolute atomic E-state index is 0.0774. The van der Waals surface area contributed by atoms with Crippen molar-refractivity contribution in [1.82, 2.24) is 5.32 Å². The molecule has 0 fully saturated rings. The van der Waals surface area contributed by atoms with Gasteiger partial charge in [0.2, 0.25) is 0 Å². The normalized spacial score (nSPS) is 16.8. The molecule has 6 nitrogen and oxygen atoms in total. The Hall–Kier alpha value is -2.54. The van der Waals surface area contributed by atoms with E-state index in [9.17, 15) is 13.2 Å². The van der Waals surface area contributed by atoms with E-state index in [1.807, 2.05) is 19.9 Å². The molecule has 0 aromatic heterocycles. The molecule has 1 unspecified atom stereocenters. The van der Waals surface area contributed by atoms with Gasteiger partial charge in [-0.15, -0.1) is 0 Å². The molecule has 3 rings (SSSR count). The molecule has 0 saturated carbocycles. The molecule has 25 heavy (non-hydrogen) atoms. The number of benzene rings is 2. The van der Waals surface area contributed by atoms with Crippen LogP contribution < -0.4 is 14.4 Å². The maximum Gasteiger partial charge on any atom is 0.264 e. The minimum atomic E-state index is -3.81. The lowest BCUT2D eigenvalue weighted by molar-refractivity contribution is -0.127. The number of ether oxygens (including phenoxy) is 1. The molecule has 0 radical (unpaired) electrons. The third kappa shape index (κ3) is 3.19. The van der Waals surface area contributed by atoms with E-state index in [1.165, 1.54) is 11.4 Å². The average Bonchev–Trinajstić information content (AvgIpc) is 2.60. The Morgan fingerprint density at radius 2 is 1.76 bits per heavy atom. The molecule has 2 aromatic carbocycles. The van der Waals surface area contributed by atoms with E-state index in [-0.39, 0.29) is 17.3 Å². The van der Waals surface area contributed by atoms with E-state index >= 15 is 0 Å². The van der Waals surface area contributed by atoms with E-state index in [0.29, 0.717) is 11.4 Å². The van der Waals surface area contributed by atoms with Crippen LogP contribution in [0.2, 0.25) is 0 Å². The summed E-state index contributed by atoms with van der Waals surface area (Å²) >= 11 is 0. The highest BCUT2D eigenvalue weighted by molar-refractivity contribution is 7.92. The lowest BCUT2D eigenvalue weighted by Gasteiger charge is -2.34. The highest BCUT2D eigenvalue weighted by atomic mass is 32.2. The molecule has 0 spiro atoms. The molecule has 1 atom stereocenters.